The number of halogens is 1. The molecular formula is C18H18BrN3O3. The zero-order valence-corrected chi connectivity index (χ0v) is 15.1. The van der Waals surface area contributed by atoms with Gasteiger partial charge in [0.1, 0.15) is 5.69 Å². The van der Waals surface area contributed by atoms with E-state index in [4.69, 9.17) is 5.11 Å². The van der Waals surface area contributed by atoms with Crippen molar-refractivity contribution in [2.45, 2.75) is 6.42 Å². The molecule has 0 bridgehead atoms. The molecule has 130 valence electrons. The average molecular weight is 404 g/mol. The van der Waals surface area contributed by atoms with E-state index in [9.17, 15) is 9.59 Å². The van der Waals surface area contributed by atoms with Gasteiger partial charge in [-0.25, -0.2) is 9.78 Å². The van der Waals surface area contributed by atoms with Gasteiger partial charge in [0.2, 0.25) is 0 Å². The van der Waals surface area contributed by atoms with Crippen molar-refractivity contribution in [1.29, 1.82) is 0 Å². The van der Waals surface area contributed by atoms with Crippen LogP contribution in [0, 0.1) is 5.92 Å². The smallest absolute Gasteiger partial charge is 0.354 e. The van der Waals surface area contributed by atoms with Crippen LogP contribution in [0.1, 0.15) is 27.3 Å². The van der Waals surface area contributed by atoms with Gasteiger partial charge in [-0.05, 0) is 48.7 Å². The molecule has 1 saturated heterocycles. The molecule has 2 heterocycles. The molecular weight excluding hydrogens is 386 g/mol. The third kappa shape index (κ3) is 4.36. The van der Waals surface area contributed by atoms with E-state index < -0.39 is 5.97 Å². The number of aromatic nitrogens is 1. The molecule has 6 nitrogen and oxygen atoms in total. The Morgan fingerprint density at radius 3 is 2.64 bits per heavy atom. The molecule has 3 rings (SSSR count). The molecule has 1 aromatic carbocycles. The Kier molecular flexibility index (Phi) is 5.33. The van der Waals surface area contributed by atoms with Crippen molar-refractivity contribution in [3.8, 4) is 0 Å². The second-order valence-corrected chi connectivity index (χ2v) is 6.94. The van der Waals surface area contributed by atoms with Crippen molar-refractivity contribution >= 4 is 33.5 Å². The summed E-state index contributed by atoms with van der Waals surface area (Å²) < 4.78 is 1.06. The summed E-state index contributed by atoms with van der Waals surface area (Å²) >= 11 is 3.44. The number of hydrogen-bond donors (Lipinski definition) is 2. The maximum atomic E-state index is 12.2. The van der Waals surface area contributed by atoms with Gasteiger partial charge in [-0.15, -0.1) is 0 Å². The fourth-order valence-corrected chi connectivity index (χ4v) is 3.14. The molecule has 25 heavy (non-hydrogen) atoms. The van der Waals surface area contributed by atoms with Crippen LogP contribution in [0.3, 0.4) is 0 Å². The van der Waals surface area contributed by atoms with Crippen molar-refractivity contribution in [1.82, 2.24) is 10.3 Å². The van der Waals surface area contributed by atoms with E-state index in [0.29, 0.717) is 18.0 Å². The number of carbonyl (C=O) groups excluding carboxylic acids is 1. The van der Waals surface area contributed by atoms with Crippen LogP contribution >= 0.6 is 15.9 Å². The van der Waals surface area contributed by atoms with Crippen LogP contribution in [0.15, 0.2) is 47.1 Å². The van der Waals surface area contributed by atoms with Gasteiger partial charge in [0.05, 0.1) is 5.56 Å². The molecule has 1 atom stereocenters. The van der Waals surface area contributed by atoms with Gasteiger partial charge in [-0.1, -0.05) is 15.9 Å². The lowest BCUT2D eigenvalue weighted by Gasteiger charge is -2.19. The number of benzene rings is 1. The first kappa shape index (κ1) is 17.4. The first-order valence-corrected chi connectivity index (χ1v) is 8.80. The maximum absolute atomic E-state index is 12.2. The lowest BCUT2D eigenvalue weighted by atomic mass is 10.1. The SMILES string of the molecule is O=C(NCC1CCN(c2ccc(Br)cc2)C1)c1ccc(C(=O)O)nc1. The van der Waals surface area contributed by atoms with Gasteiger partial charge in [0, 0.05) is 36.0 Å². The topological polar surface area (TPSA) is 82.5 Å². The normalized spacial score (nSPS) is 16.7. The number of hydrogen-bond acceptors (Lipinski definition) is 4. The molecule has 1 unspecified atom stereocenters. The van der Waals surface area contributed by atoms with E-state index in [1.807, 2.05) is 12.1 Å². The first-order valence-electron chi connectivity index (χ1n) is 8.01. The van der Waals surface area contributed by atoms with Crippen LogP contribution < -0.4 is 10.2 Å². The fourth-order valence-electron chi connectivity index (χ4n) is 2.88. The first-order chi connectivity index (χ1) is 12.0. The molecule has 0 saturated carbocycles. The highest BCUT2D eigenvalue weighted by atomic mass is 79.9. The minimum atomic E-state index is -1.11. The van der Waals surface area contributed by atoms with E-state index in [2.05, 4.69) is 43.3 Å². The summed E-state index contributed by atoms with van der Waals surface area (Å²) in [6, 6.07) is 11.0. The molecule has 1 aliphatic rings. The third-order valence-electron chi connectivity index (χ3n) is 4.27. The standard InChI is InChI=1S/C18H18BrN3O3/c19-14-2-4-15(5-3-14)22-8-7-12(11-22)9-21-17(23)13-1-6-16(18(24)25)20-10-13/h1-6,10,12H,7-9,11H2,(H,21,23)(H,24,25). The Hall–Kier alpha value is -2.41. The van der Waals surface area contributed by atoms with Gasteiger partial charge < -0.3 is 15.3 Å². The molecule has 7 heteroatoms. The van der Waals surface area contributed by atoms with Crippen LogP contribution in [0.25, 0.3) is 0 Å². The number of carboxylic acid groups (broad SMARTS) is 1. The average Bonchev–Trinajstić information content (AvgIpc) is 3.09. The molecule has 0 aliphatic carbocycles. The summed E-state index contributed by atoms with van der Waals surface area (Å²) in [5.41, 5.74) is 1.48. The number of rotatable bonds is 5. The molecule has 1 aliphatic heterocycles. The van der Waals surface area contributed by atoms with Crippen molar-refractivity contribution < 1.29 is 14.7 Å². The summed E-state index contributed by atoms with van der Waals surface area (Å²) in [6.07, 6.45) is 2.31. The van der Waals surface area contributed by atoms with E-state index in [1.54, 1.807) is 0 Å². The number of anilines is 1. The number of nitrogens with one attached hydrogen (secondary N) is 1. The summed E-state index contributed by atoms with van der Waals surface area (Å²) in [6.45, 7) is 2.46. The van der Waals surface area contributed by atoms with Crippen LogP contribution in [0.5, 0.6) is 0 Å². The number of pyridine rings is 1. The van der Waals surface area contributed by atoms with Gasteiger partial charge in [0.25, 0.3) is 5.91 Å². The molecule has 1 fully saturated rings. The number of carboxylic acids is 1. The Bertz CT molecular complexity index is 762. The molecule has 2 N–H and O–H groups in total. The van der Waals surface area contributed by atoms with Crippen molar-refractivity contribution in [2.24, 2.45) is 5.92 Å². The van der Waals surface area contributed by atoms with Crippen LogP contribution in [-0.2, 0) is 0 Å². The van der Waals surface area contributed by atoms with Gasteiger partial charge in [-0.2, -0.15) is 0 Å². The Balaban J connectivity index is 1.51. The summed E-state index contributed by atoms with van der Waals surface area (Å²) in [4.78, 5) is 29.0. The third-order valence-corrected chi connectivity index (χ3v) is 4.80. The second kappa shape index (κ2) is 7.65. The molecule has 2 aromatic rings. The van der Waals surface area contributed by atoms with E-state index in [-0.39, 0.29) is 11.6 Å². The van der Waals surface area contributed by atoms with E-state index in [1.165, 1.54) is 24.0 Å². The van der Waals surface area contributed by atoms with E-state index in [0.717, 1.165) is 24.0 Å². The summed E-state index contributed by atoms with van der Waals surface area (Å²) in [5, 5.41) is 11.7. The maximum Gasteiger partial charge on any atom is 0.354 e. The number of carbonyl (C=O) groups is 2. The minimum absolute atomic E-state index is 0.0718. The quantitative estimate of drug-likeness (QED) is 0.801. The highest BCUT2D eigenvalue weighted by molar-refractivity contribution is 9.10. The fraction of sp³-hybridized carbons (Fsp3) is 0.278. The largest absolute Gasteiger partial charge is 0.477 e. The van der Waals surface area contributed by atoms with E-state index >= 15 is 0 Å². The van der Waals surface area contributed by atoms with Crippen molar-refractivity contribution in [3.05, 3.63) is 58.3 Å². The number of aromatic carboxylic acids is 1. The predicted molar refractivity (Wildman–Crippen MR) is 98.0 cm³/mol. The Morgan fingerprint density at radius 1 is 1.24 bits per heavy atom. The van der Waals surface area contributed by atoms with Crippen LogP contribution in [0.4, 0.5) is 5.69 Å². The number of amides is 1. The van der Waals surface area contributed by atoms with Crippen molar-refractivity contribution in [3.63, 3.8) is 0 Å². The van der Waals surface area contributed by atoms with Gasteiger partial charge in [0.15, 0.2) is 0 Å². The highest BCUT2D eigenvalue weighted by Gasteiger charge is 2.23. The lowest BCUT2D eigenvalue weighted by Crippen LogP contribution is -2.31. The summed E-state index contributed by atoms with van der Waals surface area (Å²) in [5.74, 6) is -0.948. The predicted octanol–water partition coefficient (Wildman–Crippen LogP) is 2.80. The van der Waals surface area contributed by atoms with Crippen LogP contribution in [-0.4, -0.2) is 41.6 Å². The van der Waals surface area contributed by atoms with Gasteiger partial charge >= 0.3 is 5.97 Å². The highest BCUT2D eigenvalue weighted by Crippen LogP contribution is 2.25. The minimum Gasteiger partial charge on any atom is -0.477 e. The lowest BCUT2D eigenvalue weighted by molar-refractivity contribution is 0.0689. The number of nitrogens with zero attached hydrogens (tertiary/aromatic N) is 2. The Labute approximate surface area is 154 Å². The molecule has 1 amide bonds. The zero-order chi connectivity index (χ0) is 17.8. The summed E-state index contributed by atoms with van der Waals surface area (Å²) in [7, 11) is 0. The van der Waals surface area contributed by atoms with Gasteiger partial charge in [-0.3, -0.25) is 4.79 Å². The zero-order valence-electron chi connectivity index (χ0n) is 13.5. The van der Waals surface area contributed by atoms with Crippen molar-refractivity contribution in [2.75, 3.05) is 24.5 Å². The van der Waals surface area contributed by atoms with Crippen LogP contribution in [0.2, 0.25) is 0 Å². The monoisotopic (exact) mass is 403 g/mol. The molecule has 0 radical (unpaired) electrons. The molecule has 1 aromatic heterocycles. The Morgan fingerprint density at radius 2 is 2.00 bits per heavy atom. The molecule has 0 spiro atoms. The second-order valence-electron chi connectivity index (χ2n) is 6.02.